The number of benzene rings is 1. The highest BCUT2D eigenvalue weighted by Crippen LogP contribution is 2.21. The summed E-state index contributed by atoms with van der Waals surface area (Å²) in [6.07, 6.45) is 2.31. The van der Waals surface area contributed by atoms with Gasteiger partial charge in [0, 0.05) is 24.4 Å². The van der Waals surface area contributed by atoms with Crippen LogP contribution in [0.1, 0.15) is 29.9 Å². The first-order valence-electron chi connectivity index (χ1n) is 8.39. The van der Waals surface area contributed by atoms with Crippen molar-refractivity contribution in [2.75, 3.05) is 23.8 Å². The van der Waals surface area contributed by atoms with Crippen LogP contribution in [0.15, 0.2) is 22.7 Å². The lowest BCUT2D eigenvalue weighted by molar-refractivity contribution is -0.115. The van der Waals surface area contributed by atoms with Crippen LogP contribution in [-0.2, 0) is 16.0 Å². The molecule has 1 aromatic carbocycles. The molecule has 7 heteroatoms. The van der Waals surface area contributed by atoms with E-state index in [1.165, 1.54) is 6.07 Å². The van der Waals surface area contributed by atoms with Crippen molar-refractivity contribution in [3.8, 4) is 0 Å². The molecule has 1 aliphatic heterocycles. The molecule has 0 saturated carbocycles. The quantitative estimate of drug-likeness (QED) is 0.839. The Labute approximate surface area is 145 Å². The number of hydrogen-bond donors (Lipinski definition) is 2. The molecule has 1 atom stereocenters. The second kappa shape index (κ2) is 7.65. The van der Waals surface area contributed by atoms with Crippen molar-refractivity contribution >= 4 is 17.3 Å². The Hall–Kier alpha value is -2.41. The number of aromatic nitrogens is 1. The number of nitrogens with zero attached hydrogens (tertiary/aromatic N) is 1. The van der Waals surface area contributed by atoms with Crippen LogP contribution < -0.4 is 10.6 Å². The summed E-state index contributed by atoms with van der Waals surface area (Å²) in [7, 11) is 0. The van der Waals surface area contributed by atoms with Gasteiger partial charge in [0.2, 0.25) is 5.91 Å². The zero-order chi connectivity index (χ0) is 17.8. The highest BCUT2D eigenvalue weighted by Gasteiger charge is 2.16. The van der Waals surface area contributed by atoms with Crippen LogP contribution in [0.4, 0.5) is 15.8 Å². The molecule has 2 heterocycles. The predicted molar refractivity (Wildman–Crippen MR) is 92.2 cm³/mol. The molecule has 0 radical (unpaired) electrons. The molecule has 1 saturated heterocycles. The first-order valence-corrected chi connectivity index (χ1v) is 8.39. The topological polar surface area (TPSA) is 76.4 Å². The molecule has 3 rings (SSSR count). The van der Waals surface area contributed by atoms with E-state index in [9.17, 15) is 9.18 Å². The number of hydrogen-bond acceptors (Lipinski definition) is 5. The van der Waals surface area contributed by atoms with E-state index in [0.29, 0.717) is 29.4 Å². The Kier molecular flexibility index (Phi) is 5.33. The third-order valence-electron chi connectivity index (χ3n) is 4.32. The lowest BCUT2D eigenvalue weighted by atomic mass is 10.1. The van der Waals surface area contributed by atoms with Crippen molar-refractivity contribution in [2.45, 2.75) is 39.2 Å². The number of ether oxygens (including phenoxy) is 1. The lowest BCUT2D eigenvalue weighted by Gasteiger charge is -2.13. The Morgan fingerprint density at radius 1 is 1.40 bits per heavy atom. The van der Waals surface area contributed by atoms with E-state index < -0.39 is 5.82 Å². The molecule has 6 nitrogen and oxygen atoms in total. The molecule has 0 spiro atoms. The summed E-state index contributed by atoms with van der Waals surface area (Å²) in [5.74, 6) is -0.0329. The van der Waals surface area contributed by atoms with Crippen LogP contribution in [0.2, 0.25) is 0 Å². The lowest BCUT2D eigenvalue weighted by Crippen LogP contribution is -2.19. The summed E-state index contributed by atoms with van der Waals surface area (Å²) in [5, 5.41) is 9.57. The Morgan fingerprint density at radius 3 is 2.88 bits per heavy atom. The van der Waals surface area contributed by atoms with Crippen LogP contribution in [-0.4, -0.2) is 30.3 Å². The Bertz CT molecular complexity index is 735. The average Bonchev–Trinajstić information content (AvgIpc) is 3.19. The summed E-state index contributed by atoms with van der Waals surface area (Å²) >= 11 is 0. The maximum absolute atomic E-state index is 14.2. The number of carbonyl (C=O) groups is 1. The molecule has 2 aromatic rings. The van der Waals surface area contributed by atoms with Crippen molar-refractivity contribution in [1.29, 1.82) is 0 Å². The summed E-state index contributed by atoms with van der Waals surface area (Å²) < 4.78 is 24.7. The summed E-state index contributed by atoms with van der Waals surface area (Å²) in [6, 6.07) is 4.60. The SMILES string of the molecule is Cc1noc(C)c1CC(=O)Nc1ccc(NCC2CCCO2)c(F)c1. The van der Waals surface area contributed by atoms with Crippen molar-refractivity contribution in [1.82, 2.24) is 5.16 Å². The van der Waals surface area contributed by atoms with Gasteiger partial charge >= 0.3 is 0 Å². The third-order valence-corrected chi connectivity index (χ3v) is 4.32. The standard InChI is InChI=1S/C18H22FN3O3/c1-11-15(12(2)25-22-11)9-18(23)21-13-5-6-17(16(19)8-13)20-10-14-4-3-7-24-14/h5-6,8,14,20H,3-4,7,9-10H2,1-2H3,(H,21,23). The van der Waals surface area contributed by atoms with Crippen LogP contribution in [0.3, 0.4) is 0 Å². The number of halogens is 1. The maximum Gasteiger partial charge on any atom is 0.229 e. The minimum atomic E-state index is -0.409. The zero-order valence-corrected chi connectivity index (χ0v) is 14.4. The van der Waals surface area contributed by atoms with Crippen molar-refractivity contribution in [3.05, 3.63) is 41.0 Å². The third kappa shape index (κ3) is 4.36. The minimum Gasteiger partial charge on any atom is -0.380 e. The van der Waals surface area contributed by atoms with Gasteiger partial charge in [0.05, 0.1) is 23.9 Å². The highest BCUT2D eigenvalue weighted by atomic mass is 19.1. The van der Waals surface area contributed by atoms with Gasteiger partial charge in [0.15, 0.2) is 0 Å². The summed E-state index contributed by atoms with van der Waals surface area (Å²) in [6.45, 7) is 4.89. The number of amides is 1. The van der Waals surface area contributed by atoms with Gasteiger partial charge in [0.1, 0.15) is 11.6 Å². The summed E-state index contributed by atoms with van der Waals surface area (Å²) in [4.78, 5) is 12.1. The number of rotatable bonds is 6. The second-order valence-corrected chi connectivity index (χ2v) is 6.24. The van der Waals surface area contributed by atoms with Crippen LogP contribution in [0.5, 0.6) is 0 Å². The van der Waals surface area contributed by atoms with E-state index >= 15 is 0 Å². The molecule has 1 aromatic heterocycles. The first-order chi connectivity index (χ1) is 12.0. The van der Waals surface area contributed by atoms with Crippen molar-refractivity contribution in [3.63, 3.8) is 0 Å². The first kappa shape index (κ1) is 17.4. The molecule has 25 heavy (non-hydrogen) atoms. The Balaban J connectivity index is 1.57. The number of carbonyl (C=O) groups excluding carboxylic acids is 1. The number of nitrogens with one attached hydrogen (secondary N) is 2. The largest absolute Gasteiger partial charge is 0.380 e. The normalized spacial score (nSPS) is 16.8. The number of anilines is 2. The van der Waals surface area contributed by atoms with Gasteiger partial charge in [0.25, 0.3) is 0 Å². The molecule has 134 valence electrons. The monoisotopic (exact) mass is 347 g/mol. The molecule has 0 aliphatic carbocycles. The molecule has 1 unspecified atom stereocenters. The fraction of sp³-hybridized carbons (Fsp3) is 0.444. The van der Waals surface area contributed by atoms with E-state index in [1.807, 2.05) is 0 Å². The highest BCUT2D eigenvalue weighted by molar-refractivity contribution is 5.92. The van der Waals surface area contributed by atoms with Gasteiger partial charge in [-0.2, -0.15) is 0 Å². The Morgan fingerprint density at radius 2 is 2.24 bits per heavy atom. The second-order valence-electron chi connectivity index (χ2n) is 6.24. The minimum absolute atomic E-state index is 0.133. The molecule has 2 N–H and O–H groups in total. The van der Waals surface area contributed by atoms with Crippen LogP contribution in [0.25, 0.3) is 0 Å². The van der Waals surface area contributed by atoms with Gasteiger partial charge < -0.3 is 19.9 Å². The zero-order valence-electron chi connectivity index (χ0n) is 14.4. The fourth-order valence-electron chi connectivity index (χ4n) is 2.89. The van der Waals surface area contributed by atoms with Crippen molar-refractivity contribution in [2.24, 2.45) is 0 Å². The van der Waals surface area contributed by atoms with Gasteiger partial charge in [-0.1, -0.05) is 5.16 Å². The maximum atomic E-state index is 14.2. The average molecular weight is 347 g/mol. The van der Waals surface area contributed by atoms with Crippen molar-refractivity contribution < 1.29 is 18.4 Å². The molecule has 1 fully saturated rings. The van der Waals surface area contributed by atoms with Gasteiger partial charge in [-0.05, 0) is 44.9 Å². The van der Waals surface area contributed by atoms with Crippen LogP contribution in [0, 0.1) is 19.7 Å². The fourth-order valence-corrected chi connectivity index (χ4v) is 2.89. The molecule has 0 bridgehead atoms. The molecular weight excluding hydrogens is 325 g/mol. The van der Waals surface area contributed by atoms with Crippen LogP contribution >= 0.6 is 0 Å². The van der Waals surface area contributed by atoms with E-state index in [4.69, 9.17) is 9.26 Å². The molecule has 1 amide bonds. The van der Waals surface area contributed by atoms with Gasteiger partial charge in [-0.25, -0.2) is 4.39 Å². The van der Waals surface area contributed by atoms with Gasteiger partial charge in [-0.15, -0.1) is 0 Å². The van der Waals surface area contributed by atoms with E-state index in [0.717, 1.165) is 25.0 Å². The summed E-state index contributed by atoms with van der Waals surface area (Å²) in [5.41, 5.74) is 2.26. The van der Waals surface area contributed by atoms with E-state index in [-0.39, 0.29) is 18.4 Å². The smallest absolute Gasteiger partial charge is 0.229 e. The molecule has 1 aliphatic rings. The number of aryl methyl sites for hydroxylation is 2. The van der Waals surface area contributed by atoms with Gasteiger partial charge in [-0.3, -0.25) is 4.79 Å². The van der Waals surface area contributed by atoms with E-state index in [2.05, 4.69) is 15.8 Å². The van der Waals surface area contributed by atoms with E-state index in [1.54, 1.807) is 26.0 Å². The predicted octanol–water partition coefficient (Wildman–Crippen LogP) is 3.20. The molecular formula is C18H22FN3O3.